The van der Waals surface area contributed by atoms with Crippen molar-refractivity contribution >= 4 is 0 Å². The van der Waals surface area contributed by atoms with Crippen LogP contribution in [-0.4, -0.2) is 57.9 Å². The van der Waals surface area contributed by atoms with Gasteiger partial charge in [0.15, 0.2) is 6.17 Å². The van der Waals surface area contributed by atoms with Crippen LogP contribution in [-0.2, 0) is 18.9 Å². The zero-order valence-corrected chi connectivity index (χ0v) is 9.60. The second-order valence-corrected chi connectivity index (χ2v) is 3.82. The van der Waals surface area contributed by atoms with Crippen LogP contribution in [0.4, 0.5) is 4.39 Å². The van der Waals surface area contributed by atoms with Gasteiger partial charge in [-0.2, -0.15) is 0 Å². The predicted octanol–water partition coefficient (Wildman–Crippen LogP) is 0.315. The van der Waals surface area contributed by atoms with Gasteiger partial charge in [0.1, 0.15) is 13.6 Å². The largest absolute Gasteiger partial charge is 0.390 e. The maximum absolute atomic E-state index is 13.5. The van der Waals surface area contributed by atoms with E-state index < -0.39 is 18.4 Å². The normalized spacial score (nSPS) is 34.5. The van der Waals surface area contributed by atoms with E-state index >= 15 is 0 Å². The molecule has 0 radical (unpaired) electrons. The number of aliphatic hydroxyl groups excluding tert-OH is 1. The summed E-state index contributed by atoms with van der Waals surface area (Å²) < 4.78 is 33.4. The van der Waals surface area contributed by atoms with Crippen molar-refractivity contribution in [3.05, 3.63) is 0 Å². The molecule has 0 aromatic rings. The molecule has 1 rings (SSSR count). The van der Waals surface area contributed by atoms with Crippen molar-refractivity contribution in [2.24, 2.45) is 5.92 Å². The zero-order chi connectivity index (χ0) is 12.0. The molecule has 5 nitrogen and oxygen atoms in total. The van der Waals surface area contributed by atoms with Crippen molar-refractivity contribution in [2.45, 2.75) is 24.8 Å². The summed E-state index contributed by atoms with van der Waals surface area (Å²) in [4.78, 5) is 0. The topological polar surface area (TPSA) is 57.2 Å². The number of hydrogen-bond acceptors (Lipinski definition) is 5. The summed E-state index contributed by atoms with van der Waals surface area (Å²) >= 11 is 0. The zero-order valence-electron chi connectivity index (χ0n) is 9.60. The third kappa shape index (κ3) is 3.64. The minimum absolute atomic E-state index is 0.0125. The van der Waals surface area contributed by atoms with E-state index in [0.29, 0.717) is 13.0 Å². The van der Waals surface area contributed by atoms with E-state index in [1.165, 1.54) is 14.2 Å². The summed E-state index contributed by atoms with van der Waals surface area (Å²) in [5.74, 6) is -0.171. The number of aliphatic hydroxyl groups is 1. The molecule has 16 heavy (non-hydrogen) atoms. The molecule has 0 spiro atoms. The van der Waals surface area contributed by atoms with Crippen LogP contribution >= 0.6 is 0 Å². The fourth-order valence-corrected chi connectivity index (χ4v) is 1.87. The first-order valence-electron chi connectivity index (χ1n) is 5.20. The SMILES string of the molecule is COCOC[C@H]1C[C@H](O)[C@@H](F)[C@@H]1OCOC. The molecule has 6 heteroatoms. The number of hydrogen-bond donors (Lipinski definition) is 1. The fraction of sp³-hybridized carbons (Fsp3) is 1.00. The van der Waals surface area contributed by atoms with Crippen LogP contribution < -0.4 is 0 Å². The molecule has 0 aliphatic heterocycles. The molecular weight excluding hydrogens is 219 g/mol. The molecule has 0 heterocycles. The Kier molecular flexibility index (Phi) is 6.15. The van der Waals surface area contributed by atoms with Crippen LogP contribution in [0.15, 0.2) is 0 Å². The quantitative estimate of drug-likeness (QED) is 0.511. The highest BCUT2D eigenvalue weighted by Crippen LogP contribution is 2.31. The van der Waals surface area contributed by atoms with Crippen molar-refractivity contribution in [3.63, 3.8) is 0 Å². The summed E-state index contributed by atoms with van der Waals surface area (Å²) in [6, 6.07) is 0. The second kappa shape index (κ2) is 7.13. The van der Waals surface area contributed by atoms with Crippen LogP contribution in [0.25, 0.3) is 0 Å². The van der Waals surface area contributed by atoms with E-state index in [4.69, 9.17) is 18.9 Å². The molecule has 0 saturated heterocycles. The van der Waals surface area contributed by atoms with Gasteiger partial charge in [-0.25, -0.2) is 4.39 Å². The van der Waals surface area contributed by atoms with Crippen molar-refractivity contribution in [1.29, 1.82) is 0 Å². The first kappa shape index (κ1) is 13.8. The van der Waals surface area contributed by atoms with Gasteiger partial charge in [0.25, 0.3) is 0 Å². The number of rotatable bonds is 7. The van der Waals surface area contributed by atoms with Crippen molar-refractivity contribution < 1.29 is 28.4 Å². The molecule has 0 aromatic heterocycles. The lowest BCUT2D eigenvalue weighted by Crippen LogP contribution is -2.32. The molecule has 0 bridgehead atoms. The van der Waals surface area contributed by atoms with E-state index in [-0.39, 0.29) is 19.5 Å². The van der Waals surface area contributed by atoms with Crippen molar-refractivity contribution in [1.82, 2.24) is 0 Å². The first-order valence-corrected chi connectivity index (χ1v) is 5.20. The van der Waals surface area contributed by atoms with Crippen molar-refractivity contribution in [2.75, 3.05) is 34.4 Å². The van der Waals surface area contributed by atoms with Gasteiger partial charge in [0.2, 0.25) is 0 Å². The van der Waals surface area contributed by atoms with Gasteiger partial charge in [0.05, 0.1) is 18.8 Å². The Balaban J connectivity index is 2.39. The molecule has 1 fully saturated rings. The molecule has 1 N–H and O–H groups in total. The third-order valence-corrected chi connectivity index (χ3v) is 2.60. The van der Waals surface area contributed by atoms with E-state index in [2.05, 4.69) is 0 Å². The minimum Gasteiger partial charge on any atom is -0.390 e. The summed E-state index contributed by atoms with van der Waals surface area (Å²) in [6.45, 7) is 0.471. The molecular formula is C10H19FO5. The van der Waals surface area contributed by atoms with E-state index in [0.717, 1.165) is 0 Å². The third-order valence-electron chi connectivity index (χ3n) is 2.60. The standard InChI is InChI=1S/C10H19FO5/c1-13-5-15-4-7-3-8(12)9(11)10(7)16-6-14-2/h7-10,12H,3-6H2,1-2H3/t7-,8+,9-,10-/m1/s1. The maximum atomic E-state index is 13.5. The highest BCUT2D eigenvalue weighted by atomic mass is 19.1. The van der Waals surface area contributed by atoms with E-state index in [1.54, 1.807) is 0 Å². The van der Waals surface area contributed by atoms with Gasteiger partial charge >= 0.3 is 0 Å². The lowest BCUT2D eigenvalue weighted by Gasteiger charge is -2.20. The maximum Gasteiger partial charge on any atom is 0.152 e. The predicted molar refractivity (Wildman–Crippen MR) is 53.6 cm³/mol. The number of ether oxygens (including phenoxy) is 4. The van der Waals surface area contributed by atoms with Crippen LogP contribution in [0.3, 0.4) is 0 Å². The molecule has 1 aliphatic rings. The lowest BCUT2D eigenvalue weighted by atomic mass is 10.1. The average Bonchev–Trinajstić information content (AvgIpc) is 2.53. The van der Waals surface area contributed by atoms with Crippen LogP contribution in [0.1, 0.15) is 6.42 Å². The average molecular weight is 238 g/mol. The second-order valence-electron chi connectivity index (χ2n) is 3.82. The number of halogens is 1. The highest BCUT2D eigenvalue weighted by molar-refractivity contribution is 4.92. The van der Waals surface area contributed by atoms with Crippen LogP contribution in [0, 0.1) is 5.92 Å². The molecule has 0 unspecified atom stereocenters. The van der Waals surface area contributed by atoms with Gasteiger partial charge in [0, 0.05) is 20.1 Å². The molecule has 0 amide bonds. The number of methoxy groups -OCH3 is 2. The Labute approximate surface area is 94.4 Å². The van der Waals surface area contributed by atoms with Gasteiger partial charge in [-0.3, -0.25) is 0 Å². The Morgan fingerprint density at radius 2 is 1.94 bits per heavy atom. The van der Waals surface area contributed by atoms with Gasteiger partial charge < -0.3 is 24.1 Å². The lowest BCUT2D eigenvalue weighted by molar-refractivity contribution is -0.124. The van der Waals surface area contributed by atoms with Gasteiger partial charge in [-0.05, 0) is 6.42 Å². The summed E-state index contributed by atoms with van der Waals surface area (Å²) in [5.41, 5.74) is 0. The highest BCUT2D eigenvalue weighted by Gasteiger charge is 2.43. The summed E-state index contributed by atoms with van der Waals surface area (Å²) in [5, 5.41) is 9.41. The number of alkyl halides is 1. The summed E-state index contributed by atoms with van der Waals surface area (Å²) in [7, 11) is 2.98. The van der Waals surface area contributed by atoms with Crippen LogP contribution in [0.5, 0.6) is 0 Å². The molecule has 4 atom stereocenters. The van der Waals surface area contributed by atoms with E-state index in [1.807, 2.05) is 0 Å². The Bertz CT molecular complexity index is 192. The Morgan fingerprint density at radius 1 is 1.25 bits per heavy atom. The van der Waals surface area contributed by atoms with Gasteiger partial charge in [-0.1, -0.05) is 0 Å². The van der Waals surface area contributed by atoms with Crippen LogP contribution in [0.2, 0.25) is 0 Å². The minimum atomic E-state index is -1.38. The monoisotopic (exact) mass is 238 g/mol. The molecule has 0 aromatic carbocycles. The summed E-state index contributed by atoms with van der Waals surface area (Å²) in [6.07, 6.45) is -2.71. The van der Waals surface area contributed by atoms with Crippen molar-refractivity contribution in [3.8, 4) is 0 Å². The molecule has 1 saturated carbocycles. The fourth-order valence-electron chi connectivity index (χ4n) is 1.87. The van der Waals surface area contributed by atoms with Gasteiger partial charge in [-0.15, -0.1) is 0 Å². The Hall–Kier alpha value is -0.270. The first-order chi connectivity index (χ1) is 7.70. The van der Waals surface area contributed by atoms with E-state index in [9.17, 15) is 9.50 Å². The Morgan fingerprint density at radius 3 is 2.56 bits per heavy atom. The molecule has 96 valence electrons. The smallest absolute Gasteiger partial charge is 0.152 e. The molecule has 1 aliphatic carbocycles.